The second-order valence-corrected chi connectivity index (χ2v) is 9.96. The highest BCUT2D eigenvalue weighted by molar-refractivity contribution is 7.91. The second-order valence-electron chi connectivity index (χ2n) is 6.55. The van der Waals surface area contributed by atoms with Gasteiger partial charge in [-0.15, -0.1) is 11.3 Å². The van der Waals surface area contributed by atoms with Crippen LogP contribution in [-0.2, 0) is 27.5 Å². The van der Waals surface area contributed by atoms with Crippen LogP contribution >= 0.6 is 11.3 Å². The molecule has 1 aromatic heterocycles. The monoisotopic (exact) mass is 432 g/mol. The van der Waals surface area contributed by atoms with Gasteiger partial charge >= 0.3 is 6.18 Å². The number of carbonyl (C=O) groups excluding carboxylic acids is 1. The third-order valence-corrected chi connectivity index (χ3v) is 7.91. The zero-order valence-electron chi connectivity index (χ0n) is 15.0. The number of nitrogens with zero attached hydrogens (tertiary/aromatic N) is 1. The maximum atomic E-state index is 12.8. The Balaban J connectivity index is 1.67. The summed E-state index contributed by atoms with van der Waals surface area (Å²) in [5.74, 6) is -0.450. The Kier molecular flexibility index (Phi) is 5.83. The number of carbonyl (C=O) groups is 1. The molecule has 0 spiro atoms. The van der Waals surface area contributed by atoms with E-state index in [9.17, 15) is 26.4 Å². The van der Waals surface area contributed by atoms with Gasteiger partial charge in [-0.1, -0.05) is 12.1 Å². The Morgan fingerprint density at radius 3 is 2.46 bits per heavy atom. The van der Waals surface area contributed by atoms with Crippen molar-refractivity contribution in [1.82, 2.24) is 9.62 Å². The van der Waals surface area contributed by atoms with E-state index >= 15 is 0 Å². The van der Waals surface area contributed by atoms with Gasteiger partial charge in [0.05, 0.1) is 5.56 Å². The number of halogens is 3. The maximum absolute atomic E-state index is 12.8. The highest BCUT2D eigenvalue weighted by Gasteiger charge is 2.40. The van der Waals surface area contributed by atoms with Crippen molar-refractivity contribution in [2.45, 2.75) is 42.7 Å². The molecule has 1 aliphatic rings. The van der Waals surface area contributed by atoms with E-state index in [0.29, 0.717) is 18.4 Å². The molecular weight excluding hydrogens is 413 g/mol. The number of benzene rings is 1. The summed E-state index contributed by atoms with van der Waals surface area (Å²) in [6.07, 6.45) is -3.44. The van der Waals surface area contributed by atoms with Gasteiger partial charge in [0.2, 0.25) is 5.91 Å². The molecule has 2 heterocycles. The molecule has 3 rings (SSSR count). The van der Waals surface area contributed by atoms with Gasteiger partial charge in [0.15, 0.2) is 0 Å². The molecule has 0 aliphatic carbocycles. The number of hydrogen-bond donors (Lipinski definition) is 1. The fraction of sp³-hybridized carbons (Fsp3) is 0.389. The van der Waals surface area contributed by atoms with Crippen LogP contribution in [0.15, 0.2) is 40.6 Å². The summed E-state index contributed by atoms with van der Waals surface area (Å²) in [4.78, 5) is 13.4. The summed E-state index contributed by atoms with van der Waals surface area (Å²) in [6, 6.07) is 6.92. The highest BCUT2D eigenvalue weighted by atomic mass is 32.2. The fourth-order valence-electron chi connectivity index (χ4n) is 3.07. The van der Waals surface area contributed by atoms with Gasteiger partial charge in [0.1, 0.15) is 10.3 Å². The molecule has 1 aliphatic heterocycles. The Morgan fingerprint density at radius 1 is 1.21 bits per heavy atom. The zero-order chi connectivity index (χ0) is 20.5. The average Bonchev–Trinajstić information content (AvgIpc) is 3.29. The van der Waals surface area contributed by atoms with E-state index < -0.39 is 33.7 Å². The zero-order valence-corrected chi connectivity index (χ0v) is 16.6. The summed E-state index contributed by atoms with van der Waals surface area (Å²) < 4.78 is 64.9. The highest BCUT2D eigenvalue weighted by Crippen LogP contribution is 2.31. The predicted molar refractivity (Wildman–Crippen MR) is 99.3 cm³/mol. The molecule has 152 valence electrons. The van der Waals surface area contributed by atoms with Gasteiger partial charge in [-0.25, -0.2) is 8.42 Å². The SMILES string of the molecule is Cc1ccc(S(=O)(=O)N2CCCC2C(=O)NCc2ccc(C(F)(F)F)cc2)s1. The van der Waals surface area contributed by atoms with Gasteiger partial charge < -0.3 is 5.32 Å². The summed E-state index contributed by atoms with van der Waals surface area (Å²) in [6.45, 7) is 2.10. The summed E-state index contributed by atoms with van der Waals surface area (Å²) in [7, 11) is -3.75. The number of rotatable bonds is 5. The number of alkyl halides is 3. The number of thiophene rings is 1. The van der Waals surface area contributed by atoms with Gasteiger partial charge in [0.25, 0.3) is 10.0 Å². The Morgan fingerprint density at radius 2 is 1.89 bits per heavy atom. The van der Waals surface area contributed by atoms with Crippen LogP contribution in [0.1, 0.15) is 28.8 Å². The van der Waals surface area contributed by atoms with E-state index in [1.807, 2.05) is 6.92 Å². The molecule has 28 heavy (non-hydrogen) atoms. The number of hydrogen-bond acceptors (Lipinski definition) is 4. The van der Waals surface area contributed by atoms with E-state index in [1.165, 1.54) is 22.5 Å². The van der Waals surface area contributed by atoms with E-state index in [2.05, 4.69) is 5.32 Å². The van der Waals surface area contributed by atoms with E-state index in [0.717, 1.165) is 28.3 Å². The summed E-state index contributed by atoms with van der Waals surface area (Å²) >= 11 is 1.16. The molecule has 1 aromatic carbocycles. The van der Waals surface area contributed by atoms with Crippen molar-refractivity contribution in [3.8, 4) is 0 Å². The van der Waals surface area contributed by atoms with E-state index in [1.54, 1.807) is 6.07 Å². The molecule has 10 heteroatoms. The Labute approximate surface area is 165 Å². The molecule has 5 nitrogen and oxygen atoms in total. The number of amides is 1. The van der Waals surface area contributed by atoms with Crippen molar-refractivity contribution in [2.75, 3.05) is 6.54 Å². The Hall–Kier alpha value is -1.91. The first-order valence-electron chi connectivity index (χ1n) is 8.61. The van der Waals surface area contributed by atoms with Gasteiger partial charge in [-0.3, -0.25) is 4.79 Å². The van der Waals surface area contributed by atoms with E-state index in [-0.39, 0.29) is 17.3 Å². The fourth-order valence-corrected chi connectivity index (χ4v) is 6.14. The van der Waals surface area contributed by atoms with Gasteiger partial charge in [-0.05, 0) is 49.6 Å². The van der Waals surface area contributed by atoms with Crippen molar-refractivity contribution in [2.24, 2.45) is 0 Å². The van der Waals surface area contributed by atoms with Crippen molar-refractivity contribution in [3.05, 3.63) is 52.4 Å². The average molecular weight is 432 g/mol. The van der Waals surface area contributed by atoms with Crippen molar-refractivity contribution in [3.63, 3.8) is 0 Å². The lowest BCUT2D eigenvalue weighted by molar-refractivity contribution is -0.137. The minimum Gasteiger partial charge on any atom is -0.351 e. The molecule has 2 aromatic rings. The molecule has 1 saturated heterocycles. The molecule has 1 unspecified atom stereocenters. The van der Waals surface area contributed by atoms with Gasteiger partial charge in [0, 0.05) is 18.0 Å². The van der Waals surface area contributed by atoms with Crippen LogP contribution < -0.4 is 5.32 Å². The van der Waals surface area contributed by atoms with Crippen molar-refractivity contribution >= 4 is 27.3 Å². The summed E-state index contributed by atoms with van der Waals surface area (Å²) in [5, 5.41) is 2.63. The van der Waals surface area contributed by atoms with Crippen LogP contribution in [0.2, 0.25) is 0 Å². The van der Waals surface area contributed by atoms with E-state index in [4.69, 9.17) is 0 Å². The second kappa shape index (κ2) is 7.84. The molecule has 0 radical (unpaired) electrons. The summed E-state index contributed by atoms with van der Waals surface area (Å²) in [5.41, 5.74) is -0.260. The number of nitrogens with one attached hydrogen (secondary N) is 1. The molecule has 0 saturated carbocycles. The lowest BCUT2D eigenvalue weighted by Gasteiger charge is -2.22. The normalized spacial score (nSPS) is 18.4. The first-order valence-corrected chi connectivity index (χ1v) is 10.9. The predicted octanol–water partition coefficient (Wildman–Crippen LogP) is 3.54. The third-order valence-electron chi connectivity index (χ3n) is 4.53. The number of sulfonamides is 1. The molecular formula is C18H19F3N2O3S2. The molecule has 1 atom stereocenters. The smallest absolute Gasteiger partial charge is 0.351 e. The minimum atomic E-state index is -4.42. The van der Waals surface area contributed by atoms with Crippen LogP contribution in [0.3, 0.4) is 0 Å². The van der Waals surface area contributed by atoms with Crippen LogP contribution in [0, 0.1) is 6.92 Å². The molecule has 1 fully saturated rings. The van der Waals surface area contributed by atoms with Gasteiger partial charge in [-0.2, -0.15) is 17.5 Å². The lowest BCUT2D eigenvalue weighted by atomic mass is 10.1. The quantitative estimate of drug-likeness (QED) is 0.786. The largest absolute Gasteiger partial charge is 0.416 e. The van der Waals surface area contributed by atoms with Crippen LogP contribution in [-0.4, -0.2) is 31.2 Å². The van der Waals surface area contributed by atoms with Crippen molar-refractivity contribution in [1.29, 1.82) is 0 Å². The van der Waals surface area contributed by atoms with Crippen LogP contribution in [0.25, 0.3) is 0 Å². The van der Waals surface area contributed by atoms with Crippen LogP contribution in [0.5, 0.6) is 0 Å². The third kappa shape index (κ3) is 4.39. The maximum Gasteiger partial charge on any atom is 0.416 e. The molecule has 1 amide bonds. The number of aryl methyl sites for hydroxylation is 1. The molecule has 0 bridgehead atoms. The Bertz CT molecular complexity index is 953. The molecule has 1 N–H and O–H groups in total. The first-order chi connectivity index (χ1) is 13.1. The van der Waals surface area contributed by atoms with Crippen LogP contribution in [0.4, 0.5) is 13.2 Å². The first kappa shape index (κ1) is 20.8. The topological polar surface area (TPSA) is 66.5 Å². The van der Waals surface area contributed by atoms with Crippen molar-refractivity contribution < 1.29 is 26.4 Å². The lowest BCUT2D eigenvalue weighted by Crippen LogP contribution is -2.45. The minimum absolute atomic E-state index is 0.0273. The standard InChI is InChI=1S/C18H19F3N2O3S2/c1-12-4-9-16(27-12)28(25,26)23-10-2-3-15(23)17(24)22-11-13-5-7-14(8-6-13)18(19,20)21/h4-9,15H,2-3,10-11H2,1H3,(H,22,24).